The maximum Gasteiger partial charge on any atom is 0.321 e. The van der Waals surface area contributed by atoms with E-state index < -0.39 is 0 Å². The lowest BCUT2D eigenvalue weighted by atomic mass is 9.87. The number of hydrogen-bond donors (Lipinski definition) is 1. The van der Waals surface area contributed by atoms with E-state index in [1.54, 1.807) is 6.20 Å². The van der Waals surface area contributed by atoms with Gasteiger partial charge in [0.15, 0.2) is 0 Å². The van der Waals surface area contributed by atoms with Crippen LogP contribution in [0.4, 0.5) is 10.5 Å². The van der Waals surface area contributed by atoms with Crippen molar-refractivity contribution in [3.8, 4) is 5.88 Å². The number of hydrogen-bond acceptors (Lipinski definition) is 4. The van der Waals surface area contributed by atoms with E-state index in [0.717, 1.165) is 29.6 Å². The number of benzene rings is 2. The van der Waals surface area contributed by atoms with Gasteiger partial charge in [-0.2, -0.15) is 0 Å². The minimum atomic E-state index is -0.0672. The van der Waals surface area contributed by atoms with Crippen LogP contribution in [0.25, 0.3) is 11.0 Å². The topological polar surface area (TPSA) is 67.4 Å². The first-order valence-corrected chi connectivity index (χ1v) is 10.4. The van der Waals surface area contributed by atoms with Gasteiger partial charge in [0, 0.05) is 31.6 Å². The van der Waals surface area contributed by atoms with Gasteiger partial charge in [0.1, 0.15) is 6.10 Å². The molecule has 1 aromatic heterocycles. The molecule has 156 valence electrons. The van der Waals surface area contributed by atoms with Gasteiger partial charge in [-0.25, -0.2) is 14.8 Å². The van der Waals surface area contributed by atoms with E-state index in [1.165, 1.54) is 5.56 Å². The number of nitrogens with one attached hydrogen (secondary N) is 1. The standard InChI is InChI=1S/C24H28N4O2/c1-24(2,3)17-8-10-18(11-9-17)26-23(29)28-14-12-19(13-15-28)30-22-16-25-20-6-4-5-7-21(20)27-22/h4-11,16,19H,12-15H2,1-3H3,(H,26,29). The number of anilines is 1. The SMILES string of the molecule is CC(C)(C)c1ccc(NC(=O)N2CCC(Oc3cnc4ccccc4n3)CC2)cc1. The third-order valence-electron chi connectivity index (χ3n) is 5.45. The zero-order valence-electron chi connectivity index (χ0n) is 17.8. The molecule has 1 aliphatic heterocycles. The number of piperidine rings is 1. The number of carbonyl (C=O) groups excluding carboxylic acids is 1. The lowest BCUT2D eigenvalue weighted by Gasteiger charge is -2.32. The highest BCUT2D eigenvalue weighted by Gasteiger charge is 2.24. The quantitative estimate of drug-likeness (QED) is 0.667. The second kappa shape index (κ2) is 8.30. The molecule has 1 saturated heterocycles. The molecule has 1 fully saturated rings. The summed E-state index contributed by atoms with van der Waals surface area (Å²) in [6.07, 6.45) is 3.24. The fraction of sp³-hybridized carbons (Fsp3) is 0.375. The third-order valence-corrected chi connectivity index (χ3v) is 5.45. The number of para-hydroxylation sites is 2. The van der Waals surface area contributed by atoms with Gasteiger partial charge in [0.25, 0.3) is 0 Å². The van der Waals surface area contributed by atoms with Crippen LogP contribution in [0.2, 0.25) is 0 Å². The van der Waals surface area contributed by atoms with Crippen molar-refractivity contribution < 1.29 is 9.53 Å². The minimum absolute atomic E-state index is 0.0376. The summed E-state index contributed by atoms with van der Waals surface area (Å²) in [7, 11) is 0. The van der Waals surface area contributed by atoms with Crippen molar-refractivity contribution in [1.29, 1.82) is 0 Å². The fourth-order valence-corrected chi connectivity index (χ4v) is 3.60. The van der Waals surface area contributed by atoms with Crippen molar-refractivity contribution in [1.82, 2.24) is 14.9 Å². The molecule has 0 aliphatic carbocycles. The Labute approximate surface area is 177 Å². The molecule has 6 heteroatoms. The number of carbonyl (C=O) groups is 1. The van der Waals surface area contributed by atoms with Gasteiger partial charge in [-0.3, -0.25) is 0 Å². The Hall–Kier alpha value is -3.15. The number of rotatable bonds is 3. The maximum atomic E-state index is 12.6. The minimum Gasteiger partial charge on any atom is -0.473 e. The number of nitrogens with zero attached hydrogens (tertiary/aromatic N) is 3. The smallest absolute Gasteiger partial charge is 0.321 e. The van der Waals surface area contributed by atoms with E-state index in [2.05, 4.69) is 48.2 Å². The fourth-order valence-electron chi connectivity index (χ4n) is 3.60. The summed E-state index contributed by atoms with van der Waals surface area (Å²) in [6.45, 7) is 7.83. The average molecular weight is 405 g/mol. The van der Waals surface area contributed by atoms with Gasteiger partial charge in [-0.15, -0.1) is 0 Å². The number of likely N-dealkylation sites (tertiary alicyclic amines) is 1. The Bertz CT molecular complexity index is 1020. The lowest BCUT2D eigenvalue weighted by Crippen LogP contribution is -2.43. The maximum absolute atomic E-state index is 12.6. The predicted octanol–water partition coefficient (Wildman–Crippen LogP) is 5.00. The zero-order valence-corrected chi connectivity index (χ0v) is 17.8. The summed E-state index contributed by atoms with van der Waals surface area (Å²) in [5, 5.41) is 3.00. The van der Waals surface area contributed by atoms with Crippen LogP contribution in [0.3, 0.4) is 0 Å². The molecule has 1 aliphatic rings. The average Bonchev–Trinajstić information content (AvgIpc) is 2.74. The van der Waals surface area contributed by atoms with Gasteiger partial charge < -0.3 is 15.0 Å². The van der Waals surface area contributed by atoms with Crippen LogP contribution in [0.15, 0.2) is 54.7 Å². The van der Waals surface area contributed by atoms with Crippen LogP contribution in [0.5, 0.6) is 5.88 Å². The predicted molar refractivity (Wildman–Crippen MR) is 119 cm³/mol. The second-order valence-electron chi connectivity index (χ2n) is 8.76. The van der Waals surface area contributed by atoms with Gasteiger partial charge in [-0.05, 0) is 35.2 Å². The first kappa shape index (κ1) is 20.1. The molecule has 30 heavy (non-hydrogen) atoms. The largest absolute Gasteiger partial charge is 0.473 e. The van der Waals surface area contributed by atoms with E-state index >= 15 is 0 Å². The monoisotopic (exact) mass is 404 g/mol. The molecule has 0 spiro atoms. The van der Waals surface area contributed by atoms with Crippen molar-refractivity contribution in [3.05, 3.63) is 60.3 Å². The zero-order chi connectivity index (χ0) is 21.1. The van der Waals surface area contributed by atoms with Crippen molar-refractivity contribution in [2.45, 2.75) is 45.1 Å². The Balaban J connectivity index is 1.29. The first-order chi connectivity index (χ1) is 14.4. The Morgan fingerprint density at radius 1 is 1.03 bits per heavy atom. The first-order valence-electron chi connectivity index (χ1n) is 10.4. The van der Waals surface area contributed by atoms with Gasteiger partial charge >= 0.3 is 6.03 Å². The molecular formula is C24H28N4O2. The molecule has 0 saturated carbocycles. The molecule has 3 aromatic rings. The number of amides is 2. The van der Waals surface area contributed by atoms with E-state index in [9.17, 15) is 4.79 Å². The summed E-state index contributed by atoms with van der Waals surface area (Å²) in [5.41, 5.74) is 3.84. The molecule has 2 aromatic carbocycles. The van der Waals surface area contributed by atoms with Crippen LogP contribution in [0.1, 0.15) is 39.2 Å². The molecule has 1 N–H and O–H groups in total. The summed E-state index contributed by atoms with van der Waals surface area (Å²) < 4.78 is 6.02. The highest BCUT2D eigenvalue weighted by Crippen LogP contribution is 2.24. The second-order valence-corrected chi connectivity index (χ2v) is 8.76. The van der Waals surface area contributed by atoms with Crippen LogP contribution < -0.4 is 10.1 Å². The van der Waals surface area contributed by atoms with Crippen molar-refractivity contribution in [3.63, 3.8) is 0 Å². The molecular weight excluding hydrogens is 376 g/mol. The molecule has 6 nitrogen and oxygen atoms in total. The molecule has 0 atom stereocenters. The molecule has 2 amide bonds. The Morgan fingerprint density at radius 3 is 2.37 bits per heavy atom. The van der Waals surface area contributed by atoms with Crippen molar-refractivity contribution in [2.75, 3.05) is 18.4 Å². The molecule has 4 rings (SSSR count). The van der Waals surface area contributed by atoms with Gasteiger partial charge in [-0.1, -0.05) is 45.0 Å². The molecule has 0 unspecified atom stereocenters. The number of aromatic nitrogens is 2. The van der Waals surface area contributed by atoms with E-state index in [-0.39, 0.29) is 17.6 Å². The lowest BCUT2D eigenvalue weighted by molar-refractivity contribution is 0.111. The molecule has 0 bridgehead atoms. The highest BCUT2D eigenvalue weighted by molar-refractivity contribution is 5.89. The van der Waals surface area contributed by atoms with E-state index in [4.69, 9.17) is 4.74 Å². The van der Waals surface area contributed by atoms with Crippen LogP contribution in [-0.2, 0) is 5.41 Å². The van der Waals surface area contributed by atoms with Gasteiger partial charge in [0.05, 0.1) is 17.2 Å². The molecule has 0 radical (unpaired) electrons. The van der Waals surface area contributed by atoms with Crippen molar-refractivity contribution >= 4 is 22.8 Å². The molecule has 2 heterocycles. The number of ether oxygens (including phenoxy) is 1. The normalized spacial score (nSPS) is 15.2. The van der Waals surface area contributed by atoms with Crippen LogP contribution in [-0.4, -0.2) is 40.1 Å². The van der Waals surface area contributed by atoms with E-state index in [0.29, 0.717) is 19.0 Å². The Kier molecular flexibility index (Phi) is 5.57. The van der Waals surface area contributed by atoms with E-state index in [1.807, 2.05) is 41.3 Å². The van der Waals surface area contributed by atoms with Gasteiger partial charge in [0.2, 0.25) is 5.88 Å². The summed E-state index contributed by atoms with van der Waals surface area (Å²) >= 11 is 0. The Morgan fingerprint density at radius 2 is 1.70 bits per heavy atom. The highest BCUT2D eigenvalue weighted by atomic mass is 16.5. The summed E-state index contributed by atoms with van der Waals surface area (Å²) in [6, 6.07) is 15.7. The summed E-state index contributed by atoms with van der Waals surface area (Å²) in [4.78, 5) is 23.4. The van der Waals surface area contributed by atoms with Crippen LogP contribution in [0, 0.1) is 0 Å². The summed E-state index contributed by atoms with van der Waals surface area (Å²) in [5.74, 6) is 0.538. The van der Waals surface area contributed by atoms with Crippen LogP contribution >= 0.6 is 0 Å². The number of fused-ring (bicyclic) bond motifs is 1. The number of urea groups is 1. The third kappa shape index (κ3) is 4.70. The van der Waals surface area contributed by atoms with Crippen molar-refractivity contribution in [2.24, 2.45) is 0 Å².